The third-order valence-corrected chi connectivity index (χ3v) is 3.49. The zero-order valence-corrected chi connectivity index (χ0v) is 13.8. The Kier molecular flexibility index (Phi) is 5.45. The number of aryl methyl sites for hydroxylation is 1. The van der Waals surface area contributed by atoms with E-state index in [2.05, 4.69) is 19.2 Å². The molecule has 2 aromatic carbocycles. The van der Waals surface area contributed by atoms with Gasteiger partial charge in [0.15, 0.2) is 6.61 Å². The number of hydrogen-bond acceptors (Lipinski definition) is 2. The molecule has 0 radical (unpaired) electrons. The van der Waals surface area contributed by atoms with Gasteiger partial charge in [-0.15, -0.1) is 0 Å². The quantitative estimate of drug-likeness (QED) is 0.861. The second kappa shape index (κ2) is 7.32. The zero-order valence-electron chi connectivity index (χ0n) is 13.0. The largest absolute Gasteiger partial charge is 0.483 e. The van der Waals surface area contributed by atoms with Gasteiger partial charge in [0.1, 0.15) is 5.75 Å². The van der Waals surface area contributed by atoms with E-state index in [9.17, 15) is 4.79 Å². The van der Waals surface area contributed by atoms with Crippen molar-refractivity contribution in [2.24, 2.45) is 0 Å². The van der Waals surface area contributed by atoms with Crippen molar-refractivity contribution in [2.75, 3.05) is 11.9 Å². The minimum Gasteiger partial charge on any atom is -0.483 e. The molecule has 1 amide bonds. The van der Waals surface area contributed by atoms with Crippen molar-refractivity contribution in [3.05, 3.63) is 58.6 Å². The Morgan fingerprint density at radius 3 is 2.68 bits per heavy atom. The van der Waals surface area contributed by atoms with E-state index in [0.717, 1.165) is 16.9 Å². The summed E-state index contributed by atoms with van der Waals surface area (Å²) in [6.45, 7) is 6.17. The first kappa shape index (κ1) is 16.4. The van der Waals surface area contributed by atoms with Crippen LogP contribution in [0.5, 0.6) is 5.75 Å². The Bertz CT molecular complexity index is 668. The van der Waals surface area contributed by atoms with Gasteiger partial charge < -0.3 is 10.1 Å². The van der Waals surface area contributed by atoms with Gasteiger partial charge in [0.2, 0.25) is 0 Å². The van der Waals surface area contributed by atoms with Crippen LogP contribution in [0.4, 0.5) is 5.69 Å². The van der Waals surface area contributed by atoms with Crippen molar-refractivity contribution >= 4 is 23.2 Å². The van der Waals surface area contributed by atoms with Gasteiger partial charge in [0.25, 0.3) is 5.91 Å². The number of carbonyl (C=O) groups is 1. The maximum atomic E-state index is 12.0. The highest BCUT2D eigenvalue weighted by molar-refractivity contribution is 6.30. The minimum atomic E-state index is -0.210. The number of anilines is 1. The normalized spacial score (nSPS) is 10.6. The number of nitrogens with one attached hydrogen (secondary N) is 1. The van der Waals surface area contributed by atoms with Gasteiger partial charge in [0.05, 0.1) is 0 Å². The standard InChI is InChI=1S/C18H20ClNO2/c1-12(2)16-8-7-13(3)9-17(16)22-11-18(21)20-15-6-4-5-14(19)10-15/h4-10,12H,11H2,1-3H3,(H,20,21). The van der Waals surface area contributed by atoms with Crippen molar-refractivity contribution in [2.45, 2.75) is 26.7 Å². The highest BCUT2D eigenvalue weighted by atomic mass is 35.5. The van der Waals surface area contributed by atoms with Crippen molar-refractivity contribution in [1.82, 2.24) is 0 Å². The zero-order chi connectivity index (χ0) is 16.1. The van der Waals surface area contributed by atoms with Crippen LogP contribution < -0.4 is 10.1 Å². The molecule has 0 aliphatic carbocycles. The molecular formula is C18H20ClNO2. The second-order valence-electron chi connectivity index (χ2n) is 5.54. The lowest BCUT2D eigenvalue weighted by atomic mass is 10.0. The predicted molar refractivity (Wildman–Crippen MR) is 90.8 cm³/mol. The fraction of sp³-hybridized carbons (Fsp3) is 0.278. The van der Waals surface area contributed by atoms with Crippen molar-refractivity contribution in [1.29, 1.82) is 0 Å². The highest BCUT2D eigenvalue weighted by Gasteiger charge is 2.10. The van der Waals surface area contributed by atoms with Crippen LogP contribution in [-0.2, 0) is 4.79 Å². The summed E-state index contributed by atoms with van der Waals surface area (Å²) in [7, 11) is 0. The molecular weight excluding hydrogens is 298 g/mol. The number of hydrogen-bond donors (Lipinski definition) is 1. The Balaban J connectivity index is 2.01. The maximum Gasteiger partial charge on any atom is 0.262 e. The van der Waals surface area contributed by atoms with Crippen LogP contribution in [0.2, 0.25) is 5.02 Å². The summed E-state index contributed by atoms with van der Waals surface area (Å²) in [5.41, 5.74) is 2.87. The average molecular weight is 318 g/mol. The number of halogens is 1. The SMILES string of the molecule is Cc1ccc(C(C)C)c(OCC(=O)Nc2cccc(Cl)c2)c1. The van der Waals surface area contributed by atoms with Gasteiger partial charge in [-0.2, -0.15) is 0 Å². The summed E-state index contributed by atoms with van der Waals surface area (Å²) < 4.78 is 5.70. The summed E-state index contributed by atoms with van der Waals surface area (Å²) in [6.07, 6.45) is 0. The van der Waals surface area contributed by atoms with E-state index in [1.165, 1.54) is 0 Å². The molecule has 1 N–H and O–H groups in total. The molecule has 2 rings (SSSR count). The van der Waals surface area contributed by atoms with Crippen LogP contribution in [-0.4, -0.2) is 12.5 Å². The van der Waals surface area contributed by atoms with E-state index in [0.29, 0.717) is 16.6 Å². The molecule has 22 heavy (non-hydrogen) atoms. The molecule has 0 heterocycles. The van der Waals surface area contributed by atoms with Gasteiger partial charge in [-0.3, -0.25) is 4.79 Å². The van der Waals surface area contributed by atoms with E-state index < -0.39 is 0 Å². The number of carbonyl (C=O) groups excluding carboxylic acids is 1. The Morgan fingerprint density at radius 2 is 2.00 bits per heavy atom. The smallest absolute Gasteiger partial charge is 0.262 e. The molecule has 0 unspecified atom stereocenters. The fourth-order valence-electron chi connectivity index (χ4n) is 2.15. The number of ether oxygens (including phenoxy) is 1. The highest BCUT2D eigenvalue weighted by Crippen LogP contribution is 2.27. The van der Waals surface area contributed by atoms with Gasteiger partial charge in [-0.1, -0.05) is 43.6 Å². The molecule has 0 saturated carbocycles. The lowest BCUT2D eigenvalue weighted by Crippen LogP contribution is -2.20. The third-order valence-electron chi connectivity index (χ3n) is 3.26. The second-order valence-corrected chi connectivity index (χ2v) is 5.98. The van der Waals surface area contributed by atoms with Crippen LogP contribution in [0.25, 0.3) is 0 Å². The van der Waals surface area contributed by atoms with Crippen LogP contribution in [0.3, 0.4) is 0 Å². The molecule has 0 aromatic heterocycles. The monoisotopic (exact) mass is 317 g/mol. The van der Waals surface area contributed by atoms with E-state index in [1.54, 1.807) is 24.3 Å². The topological polar surface area (TPSA) is 38.3 Å². The lowest BCUT2D eigenvalue weighted by molar-refractivity contribution is -0.118. The molecule has 3 nitrogen and oxygen atoms in total. The molecule has 2 aromatic rings. The molecule has 0 bridgehead atoms. The number of rotatable bonds is 5. The summed E-state index contributed by atoms with van der Waals surface area (Å²) in [5, 5.41) is 3.35. The molecule has 116 valence electrons. The van der Waals surface area contributed by atoms with E-state index >= 15 is 0 Å². The molecule has 0 fully saturated rings. The van der Waals surface area contributed by atoms with Gasteiger partial charge in [-0.05, 0) is 48.2 Å². The van der Waals surface area contributed by atoms with Crippen molar-refractivity contribution in [3.63, 3.8) is 0 Å². The summed E-state index contributed by atoms with van der Waals surface area (Å²) in [4.78, 5) is 12.0. The number of benzene rings is 2. The predicted octanol–water partition coefficient (Wildman–Crippen LogP) is 4.79. The van der Waals surface area contributed by atoms with Gasteiger partial charge in [-0.25, -0.2) is 0 Å². The van der Waals surface area contributed by atoms with Crippen LogP contribution in [0, 0.1) is 6.92 Å². The first-order valence-corrected chi connectivity index (χ1v) is 7.62. The van der Waals surface area contributed by atoms with Crippen LogP contribution in [0.15, 0.2) is 42.5 Å². The first-order chi connectivity index (χ1) is 10.5. The number of amides is 1. The van der Waals surface area contributed by atoms with Crippen molar-refractivity contribution < 1.29 is 9.53 Å². The maximum absolute atomic E-state index is 12.0. The Labute approximate surface area is 136 Å². The van der Waals surface area contributed by atoms with Crippen LogP contribution in [0.1, 0.15) is 30.9 Å². The van der Waals surface area contributed by atoms with Crippen LogP contribution >= 0.6 is 11.6 Å². The Hall–Kier alpha value is -2.00. The van der Waals surface area contributed by atoms with E-state index in [4.69, 9.17) is 16.3 Å². The third kappa shape index (κ3) is 4.50. The minimum absolute atomic E-state index is 0.0321. The fourth-order valence-corrected chi connectivity index (χ4v) is 2.34. The first-order valence-electron chi connectivity index (χ1n) is 7.24. The molecule has 0 spiro atoms. The molecule has 0 atom stereocenters. The van der Waals surface area contributed by atoms with E-state index in [-0.39, 0.29) is 12.5 Å². The molecule has 0 aliphatic heterocycles. The molecule has 0 saturated heterocycles. The summed E-state index contributed by atoms with van der Waals surface area (Å²) in [6, 6.07) is 13.1. The van der Waals surface area contributed by atoms with Crippen molar-refractivity contribution in [3.8, 4) is 5.75 Å². The van der Waals surface area contributed by atoms with E-state index in [1.807, 2.05) is 25.1 Å². The summed E-state index contributed by atoms with van der Waals surface area (Å²) in [5.74, 6) is 0.890. The Morgan fingerprint density at radius 1 is 1.23 bits per heavy atom. The lowest BCUT2D eigenvalue weighted by Gasteiger charge is -2.14. The van der Waals surface area contributed by atoms with Gasteiger partial charge in [0, 0.05) is 10.7 Å². The average Bonchev–Trinajstić information content (AvgIpc) is 2.45. The molecule has 4 heteroatoms. The summed E-state index contributed by atoms with van der Waals surface area (Å²) >= 11 is 5.89. The molecule has 0 aliphatic rings. The van der Waals surface area contributed by atoms with Gasteiger partial charge >= 0.3 is 0 Å².